The van der Waals surface area contributed by atoms with Crippen LogP contribution in [0.1, 0.15) is 12.8 Å². The molecule has 0 aliphatic carbocycles. The third kappa shape index (κ3) is 4.42. The predicted octanol–water partition coefficient (Wildman–Crippen LogP) is -1.23. The molecular formula is C13H20N6O4. The Balaban J connectivity index is 1.87. The smallest absolute Gasteiger partial charge is 0.319 e. The molecule has 4 amide bonds. The minimum atomic E-state index is -0.786. The Kier molecular flexibility index (Phi) is 5.16. The lowest BCUT2D eigenvalue weighted by Crippen LogP contribution is -2.50. The second-order valence-electron chi connectivity index (χ2n) is 5.46. The standard InChI is InChI=1S/C13H20N6O4/c14-10(20)7-19-6-9(5-17-19)18-12(22)16-8-13(11(15)21)1-3-23-4-2-13/h5-6H,1-4,7-8H2,(H2,14,20)(H2,15,21)(H2,16,18,22). The van der Waals surface area contributed by atoms with Gasteiger partial charge in [-0.25, -0.2) is 4.79 Å². The summed E-state index contributed by atoms with van der Waals surface area (Å²) in [6, 6.07) is -0.490. The van der Waals surface area contributed by atoms with Crippen LogP contribution in [0.2, 0.25) is 0 Å². The van der Waals surface area contributed by atoms with Crippen LogP contribution in [0.4, 0.5) is 10.5 Å². The molecule has 1 aliphatic rings. The molecule has 23 heavy (non-hydrogen) atoms. The summed E-state index contributed by atoms with van der Waals surface area (Å²) in [6.07, 6.45) is 3.81. The average Bonchev–Trinajstić information content (AvgIpc) is 2.92. The Bertz CT molecular complexity index is 593. The molecule has 0 atom stereocenters. The highest BCUT2D eigenvalue weighted by Crippen LogP contribution is 2.29. The normalized spacial score (nSPS) is 16.5. The number of carbonyl (C=O) groups is 3. The van der Waals surface area contributed by atoms with Gasteiger partial charge in [0.1, 0.15) is 6.54 Å². The van der Waals surface area contributed by atoms with Crippen LogP contribution in [0, 0.1) is 5.41 Å². The molecule has 0 radical (unpaired) electrons. The molecule has 0 spiro atoms. The number of amides is 4. The van der Waals surface area contributed by atoms with Crippen molar-refractivity contribution in [3.05, 3.63) is 12.4 Å². The van der Waals surface area contributed by atoms with Crippen molar-refractivity contribution in [1.29, 1.82) is 0 Å². The zero-order valence-electron chi connectivity index (χ0n) is 12.6. The number of ether oxygens (including phenoxy) is 1. The van der Waals surface area contributed by atoms with E-state index in [2.05, 4.69) is 15.7 Å². The van der Waals surface area contributed by atoms with Crippen LogP contribution in [-0.2, 0) is 20.9 Å². The number of carbonyl (C=O) groups excluding carboxylic acids is 3. The van der Waals surface area contributed by atoms with E-state index in [0.29, 0.717) is 31.7 Å². The van der Waals surface area contributed by atoms with Gasteiger partial charge in [0.15, 0.2) is 0 Å². The highest BCUT2D eigenvalue weighted by Gasteiger charge is 2.38. The number of hydrogen-bond donors (Lipinski definition) is 4. The van der Waals surface area contributed by atoms with Gasteiger partial charge in [0, 0.05) is 26.0 Å². The van der Waals surface area contributed by atoms with Gasteiger partial charge in [-0.15, -0.1) is 0 Å². The minimum Gasteiger partial charge on any atom is -0.381 e. The van der Waals surface area contributed by atoms with Crippen LogP contribution in [0.25, 0.3) is 0 Å². The molecule has 2 heterocycles. The molecule has 10 heteroatoms. The van der Waals surface area contributed by atoms with Crippen molar-refractivity contribution in [3.63, 3.8) is 0 Å². The van der Waals surface area contributed by atoms with Gasteiger partial charge in [-0.3, -0.25) is 14.3 Å². The lowest BCUT2D eigenvalue weighted by atomic mass is 9.79. The Morgan fingerprint density at radius 1 is 1.30 bits per heavy atom. The maximum absolute atomic E-state index is 11.9. The number of urea groups is 1. The number of rotatable bonds is 6. The number of primary amides is 2. The second-order valence-corrected chi connectivity index (χ2v) is 5.46. The van der Waals surface area contributed by atoms with E-state index in [4.69, 9.17) is 16.2 Å². The largest absolute Gasteiger partial charge is 0.381 e. The summed E-state index contributed by atoms with van der Waals surface area (Å²) in [7, 11) is 0. The number of aromatic nitrogens is 2. The summed E-state index contributed by atoms with van der Waals surface area (Å²) in [6.45, 7) is 0.930. The van der Waals surface area contributed by atoms with Crippen molar-refractivity contribution in [3.8, 4) is 0 Å². The van der Waals surface area contributed by atoms with Gasteiger partial charge < -0.3 is 26.8 Å². The number of nitrogens with zero attached hydrogens (tertiary/aromatic N) is 2. The molecule has 2 rings (SSSR count). The summed E-state index contributed by atoms with van der Waals surface area (Å²) in [4.78, 5) is 34.4. The van der Waals surface area contributed by atoms with Crippen LogP contribution in [0.5, 0.6) is 0 Å². The molecule has 1 aromatic heterocycles. The Morgan fingerprint density at radius 2 is 2.00 bits per heavy atom. The molecule has 126 valence electrons. The van der Waals surface area contributed by atoms with Crippen LogP contribution >= 0.6 is 0 Å². The zero-order valence-corrected chi connectivity index (χ0v) is 12.6. The van der Waals surface area contributed by atoms with Gasteiger partial charge in [0.25, 0.3) is 0 Å². The molecule has 1 saturated heterocycles. The molecule has 0 saturated carbocycles. The molecule has 1 aliphatic heterocycles. The molecular weight excluding hydrogens is 304 g/mol. The Morgan fingerprint density at radius 3 is 2.61 bits per heavy atom. The van der Waals surface area contributed by atoms with Crippen LogP contribution < -0.4 is 22.1 Å². The second kappa shape index (κ2) is 7.09. The first kappa shape index (κ1) is 16.7. The summed E-state index contributed by atoms with van der Waals surface area (Å²) in [5, 5.41) is 9.08. The van der Waals surface area contributed by atoms with E-state index in [1.807, 2.05) is 0 Å². The van der Waals surface area contributed by atoms with Crippen molar-refractivity contribution in [2.75, 3.05) is 25.1 Å². The van der Waals surface area contributed by atoms with Gasteiger partial charge in [0.2, 0.25) is 11.8 Å². The van der Waals surface area contributed by atoms with E-state index < -0.39 is 23.3 Å². The fourth-order valence-corrected chi connectivity index (χ4v) is 2.37. The SMILES string of the molecule is NC(=O)Cn1cc(NC(=O)NCC2(C(N)=O)CCOCC2)cn1. The molecule has 1 fully saturated rings. The van der Waals surface area contributed by atoms with Gasteiger partial charge in [-0.05, 0) is 12.8 Å². The first-order chi connectivity index (χ1) is 10.9. The maximum atomic E-state index is 11.9. The first-order valence-corrected chi connectivity index (χ1v) is 7.14. The summed E-state index contributed by atoms with van der Waals surface area (Å²) in [5.41, 5.74) is 10.1. The number of nitrogens with two attached hydrogens (primary N) is 2. The fourth-order valence-electron chi connectivity index (χ4n) is 2.37. The summed E-state index contributed by atoms with van der Waals surface area (Å²) < 4.78 is 6.53. The molecule has 0 aromatic carbocycles. The highest BCUT2D eigenvalue weighted by atomic mass is 16.5. The van der Waals surface area contributed by atoms with Crippen LogP contribution in [0.15, 0.2) is 12.4 Å². The van der Waals surface area contributed by atoms with E-state index in [9.17, 15) is 14.4 Å². The van der Waals surface area contributed by atoms with Gasteiger partial charge in [-0.1, -0.05) is 0 Å². The predicted molar refractivity (Wildman–Crippen MR) is 80.1 cm³/mol. The van der Waals surface area contributed by atoms with Crippen molar-refractivity contribution in [2.45, 2.75) is 19.4 Å². The summed E-state index contributed by atoms with van der Waals surface area (Å²) in [5.74, 6) is -0.984. The number of anilines is 1. The van der Waals surface area contributed by atoms with E-state index >= 15 is 0 Å². The quantitative estimate of drug-likeness (QED) is 0.516. The van der Waals surface area contributed by atoms with E-state index in [0.717, 1.165) is 0 Å². The van der Waals surface area contributed by atoms with E-state index in [-0.39, 0.29) is 13.1 Å². The summed E-state index contributed by atoms with van der Waals surface area (Å²) >= 11 is 0. The fraction of sp³-hybridized carbons (Fsp3) is 0.538. The van der Waals surface area contributed by atoms with Crippen LogP contribution in [-0.4, -0.2) is 47.4 Å². The Labute approximate surface area is 132 Å². The first-order valence-electron chi connectivity index (χ1n) is 7.14. The van der Waals surface area contributed by atoms with Gasteiger partial charge >= 0.3 is 6.03 Å². The molecule has 0 bridgehead atoms. The Hall–Kier alpha value is -2.62. The minimum absolute atomic E-state index is 0.0753. The lowest BCUT2D eigenvalue weighted by Gasteiger charge is -2.34. The highest BCUT2D eigenvalue weighted by molar-refractivity contribution is 5.90. The molecule has 0 unspecified atom stereocenters. The number of hydrogen-bond acceptors (Lipinski definition) is 5. The third-order valence-electron chi connectivity index (χ3n) is 3.77. The topological polar surface area (TPSA) is 154 Å². The molecule has 1 aromatic rings. The van der Waals surface area contributed by atoms with Crippen molar-refractivity contribution in [1.82, 2.24) is 15.1 Å². The van der Waals surface area contributed by atoms with E-state index in [1.54, 1.807) is 0 Å². The van der Waals surface area contributed by atoms with Crippen molar-refractivity contribution >= 4 is 23.5 Å². The molecule has 10 nitrogen and oxygen atoms in total. The third-order valence-corrected chi connectivity index (χ3v) is 3.77. The molecule has 6 N–H and O–H groups in total. The lowest BCUT2D eigenvalue weighted by molar-refractivity contribution is -0.132. The number of nitrogens with one attached hydrogen (secondary N) is 2. The average molecular weight is 324 g/mol. The van der Waals surface area contributed by atoms with Crippen molar-refractivity contribution in [2.24, 2.45) is 16.9 Å². The van der Waals surface area contributed by atoms with Gasteiger partial charge in [0.05, 0.1) is 17.3 Å². The monoisotopic (exact) mass is 324 g/mol. The van der Waals surface area contributed by atoms with Crippen LogP contribution in [0.3, 0.4) is 0 Å². The van der Waals surface area contributed by atoms with E-state index in [1.165, 1.54) is 17.1 Å². The van der Waals surface area contributed by atoms with Crippen molar-refractivity contribution < 1.29 is 19.1 Å². The maximum Gasteiger partial charge on any atom is 0.319 e. The van der Waals surface area contributed by atoms with Gasteiger partial charge in [-0.2, -0.15) is 5.10 Å². The zero-order chi connectivity index (χ0) is 16.9.